The number of amides is 1. The van der Waals surface area contributed by atoms with Gasteiger partial charge in [0.1, 0.15) is 11.2 Å². The summed E-state index contributed by atoms with van der Waals surface area (Å²) in [6.45, 7) is 0. The van der Waals surface area contributed by atoms with Crippen molar-refractivity contribution in [3.05, 3.63) is 24.3 Å². The molecular formula is C14H13F3N2O2. The van der Waals surface area contributed by atoms with Gasteiger partial charge in [-0.25, -0.2) is 0 Å². The SMILES string of the molecule is N#CC1(C(=O)Nc2cccc(OC(F)(F)F)c2)CCCC1. The van der Waals surface area contributed by atoms with E-state index >= 15 is 0 Å². The summed E-state index contributed by atoms with van der Waals surface area (Å²) in [6.07, 6.45) is -2.28. The van der Waals surface area contributed by atoms with Crippen LogP contribution in [0, 0.1) is 16.7 Å². The second-order valence-corrected chi connectivity index (χ2v) is 4.93. The molecule has 21 heavy (non-hydrogen) atoms. The zero-order chi connectivity index (χ0) is 15.5. The highest BCUT2D eigenvalue weighted by molar-refractivity contribution is 5.97. The zero-order valence-electron chi connectivity index (χ0n) is 11.0. The Hall–Kier alpha value is -2.23. The average molecular weight is 298 g/mol. The molecule has 112 valence electrons. The lowest BCUT2D eigenvalue weighted by Gasteiger charge is -2.19. The quantitative estimate of drug-likeness (QED) is 0.927. The van der Waals surface area contributed by atoms with Crippen LogP contribution in [0.4, 0.5) is 18.9 Å². The predicted molar refractivity (Wildman–Crippen MR) is 68.3 cm³/mol. The third kappa shape index (κ3) is 3.66. The van der Waals surface area contributed by atoms with Gasteiger partial charge in [-0.15, -0.1) is 13.2 Å². The van der Waals surface area contributed by atoms with Crippen molar-refractivity contribution >= 4 is 11.6 Å². The van der Waals surface area contributed by atoms with Gasteiger partial charge in [-0.3, -0.25) is 4.79 Å². The van der Waals surface area contributed by atoms with Crippen molar-refractivity contribution in [3.63, 3.8) is 0 Å². The largest absolute Gasteiger partial charge is 0.573 e. The van der Waals surface area contributed by atoms with Crippen molar-refractivity contribution in [2.75, 3.05) is 5.32 Å². The number of alkyl halides is 3. The van der Waals surface area contributed by atoms with E-state index in [1.165, 1.54) is 12.1 Å². The molecule has 4 nitrogen and oxygen atoms in total. The molecule has 1 fully saturated rings. The molecule has 0 saturated heterocycles. The van der Waals surface area contributed by atoms with Crippen LogP contribution >= 0.6 is 0 Å². The van der Waals surface area contributed by atoms with Crippen molar-refractivity contribution in [2.24, 2.45) is 5.41 Å². The van der Waals surface area contributed by atoms with Crippen LogP contribution in [0.15, 0.2) is 24.3 Å². The van der Waals surface area contributed by atoms with Gasteiger partial charge in [0.05, 0.1) is 6.07 Å². The van der Waals surface area contributed by atoms with Gasteiger partial charge < -0.3 is 10.1 Å². The standard InChI is InChI=1S/C14H13F3N2O2/c15-14(16,17)21-11-5-3-4-10(8-11)19-12(20)13(9-18)6-1-2-7-13/h3-5,8H,1-2,6-7H2,(H,19,20). The van der Waals surface area contributed by atoms with Gasteiger partial charge >= 0.3 is 6.36 Å². The van der Waals surface area contributed by atoms with Crippen LogP contribution in [0.25, 0.3) is 0 Å². The Morgan fingerprint density at radius 3 is 2.57 bits per heavy atom. The highest BCUT2D eigenvalue weighted by Gasteiger charge is 2.41. The van der Waals surface area contributed by atoms with Gasteiger partial charge in [-0.05, 0) is 25.0 Å². The lowest BCUT2D eigenvalue weighted by Crippen LogP contribution is -2.32. The fourth-order valence-electron chi connectivity index (χ4n) is 2.39. The maximum Gasteiger partial charge on any atom is 0.573 e. The maximum absolute atomic E-state index is 12.2. The molecule has 0 unspecified atom stereocenters. The highest BCUT2D eigenvalue weighted by Crippen LogP contribution is 2.38. The number of hydrogen-bond acceptors (Lipinski definition) is 3. The Morgan fingerprint density at radius 2 is 2.00 bits per heavy atom. The molecule has 1 saturated carbocycles. The first-order valence-electron chi connectivity index (χ1n) is 6.43. The summed E-state index contributed by atoms with van der Waals surface area (Å²) >= 11 is 0. The van der Waals surface area contributed by atoms with Gasteiger partial charge in [0, 0.05) is 11.8 Å². The summed E-state index contributed by atoms with van der Waals surface area (Å²) in [5.41, 5.74) is -0.913. The molecule has 1 aromatic rings. The fourth-order valence-corrected chi connectivity index (χ4v) is 2.39. The number of hydrogen-bond donors (Lipinski definition) is 1. The summed E-state index contributed by atoms with van der Waals surface area (Å²) in [5, 5.41) is 11.7. The molecule has 0 bridgehead atoms. The number of anilines is 1. The number of ether oxygens (including phenoxy) is 1. The van der Waals surface area contributed by atoms with Crippen molar-refractivity contribution in [1.29, 1.82) is 5.26 Å². The summed E-state index contributed by atoms with van der Waals surface area (Å²) in [7, 11) is 0. The number of halogens is 3. The summed E-state index contributed by atoms with van der Waals surface area (Å²) < 4.78 is 40.2. The van der Waals surface area contributed by atoms with Crippen LogP contribution in [0.1, 0.15) is 25.7 Å². The van der Waals surface area contributed by atoms with E-state index in [1.54, 1.807) is 0 Å². The number of carbonyl (C=O) groups excluding carboxylic acids is 1. The monoisotopic (exact) mass is 298 g/mol. The lowest BCUT2D eigenvalue weighted by atomic mass is 9.87. The van der Waals surface area contributed by atoms with E-state index in [0.29, 0.717) is 12.8 Å². The lowest BCUT2D eigenvalue weighted by molar-refractivity contribution is -0.274. The second kappa shape index (κ2) is 5.64. The molecule has 2 rings (SSSR count). The minimum absolute atomic E-state index is 0.170. The van der Waals surface area contributed by atoms with E-state index in [9.17, 15) is 23.2 Å². The minimum Gasteiger partial charge on any atom is -0.406 e. The first kappa shape index (κ1) is 15.2. The summed E-state index contributed by atoms with van der Waals surface area (Å²) in [4.78, 5) is 12.2. The van der Waals surface area contributed by atoms with E-state index in [0.717, 1.165) is 25.0 Å². The van der Waals surface area contributed by atoms with Crippen LogP contribution in [-0.2, 0) is 4.79 Å². The van der Waals surface area contributed by atoms with Crippen molar-refractivity contribution < 1.29 is 22.7 Å². The van der Waals surface area contributed by atoms with Gasteiger partial charge in [0.2, 0.25) is 5.91 Å². The molecule has 1 N–H and O–H groups in total. The van der Waals surface area contributed by atoms with Gasteiger partial charge in [-0.1, -0.05) is 18.9 Å². The van der Waals surface area contributed by atoms with E-state index < -0.39 is 23.4 Å². The van der Waals surface area contributed by atoms with E-state index in [1.807, 2.05) is 6.07 Å². The van der Waals surface area contributed by atoms with Crippen molar-refractivity contribution in [2.45, 2.75) is 32.0 Å². The molecule has 0 radical (unpaired) electrons. The number of benzene rings is 1. The molecule has 0 spiro atoms. The Balaban J connectivity index is 2.11. The highest BCUT2D eigenvalue weighted by atomic mass is 19.4. The normalized spacial score (nSPS) is 17.0. The van der Waals surface area contributed by atoms with Gasteiger partial charge in [0.15, 0.2) is 0 Å². The van der Waals surface area contributed by atoms with Gasteiger partial charge in [-0.2, -0.15) is 5.26 Å². The summed E-state index contributed by atoms with van der Waals surface area (Å²) in [6, 6.07) is 7.02. The molecule has 0 aliphatic heterocycles. The van der Waals surface area contributed by atoms with Crippen LogP contribution in [-0.4, -0.2) is 12.3 Å². The summed E-state index contributed by atoms with van der Waals surface area (Å²) in [5.74, 6) is -0.899. The topological polar surface area (TPSA) is 62.1 Å². The molecule has 1 aliphatic carbocycles. The van der Waals surface area contributed by atoms with Crippen molar-refractivity contribution in [1.82, 2.24) is 0 Å². The van der Waals surface area contributed by atoms with Crippen LogP contribution in [0.3, 0.4) is 0 Å². The molecular weight excluding hydrogens is 285 g/mol. The number of nitriles is 1. The molecule has 0 atom stereocenters. The third-order valence-electron chi connectivity index (χ3n) is 3.43. The zero-order valence-corrected chi connectivity index (χ0v) is 11.0. The molecule has 0 heterocycles. The number of carbonyl (C=O) groups is 1. The first-order chi connectivity index (χ1) is 9.85. The van der Waals surface area contributed by atoms with Crippen LogP contribution < -0.4 is 10.1 Å². The van der Waals surface area contributed by atoms with Crippen molar-refractivity contribution in [3.8, 4) is 11.8 Å². The van der Waals surface area contributed by atoms with E-state index in [4.69, 9.17) is 0 Å². The Morgan fingerprint density at radius 1 is 1.33 bits per heavy atom. The Kier molecular flexibility index (Phi) is 4.07. The van der Waals surface area contributed by atoms with Crippen LogP contribution in [0.2, 0.25) is 0 Å². The Labute approximate surface area is 119 Å². The first-order valence-corrected chi connectivity index (χ1v) is 6.43. The van der Waals surface area contributed by atoms with E-state index in [-0.39, 0.29) is 5.69 Å². The molecule has 1 aliphatic rings. The van der Waals surface area contributed by atoms with Gasteiger partial charge in [0.25, 0.3) is 0 Å². The molecule has 0 aromatic heterocycles. The number of nitrogens with one attached hydrogen (secondary N) is 1. The number of nitrogens with zero attached hydrogens (tertiary/aromatic N) is 1. The smallest absolute Gasteiger partial charge is 0.406 e. The minimum atomic E-state index is -4.79. The predicted octanol–water partition coefficient (Wildman–Crippen LogP) is 3.61. The molecule has 7 heteroatoms. The average Bonchev–Trinajstić information content (AvgIpc) is 2.87. The molecule has 1 aromatic carbocycles. The second-order valence-electron chi connectivity index (χ2n) is 4.93. The Bertz CT molecular complexity index is 572. The maximum atomic E-state index is 12.2. The number of rotatable bonds is 3. The third-order valence-corrected chi connectivity index (χ3v) is 3.43. The van der Waals surface area contributed by atoms with Crippen LogP contribution in [0.5, 0.6) is 5.75 Å². The fraction of sp³-hybridized carbons (Fsp3) is 0.429. The van der Waals surface area contributed by atoms with E-state index in [2.05, 4.69) is 10.1 Å². The molecule has 1 amide bonds.